The van der Waals surface area contributed by atoms with Gasteiger partial charge in [-0.25, -0.2) is 15.0 Å². The molecule has 6 nitrogen and oxygen atoms in total. The van der Waals surface area contributed by atoms with E-state index in [4.69, 9.17) is 4.74 Å². The second-order valence-electron chi connectivity index (χ2n) is 5.61. The molecule has 0 unspecified atom stereocenters. The molecule has 0 amide bonds. The average Bonchev–Trinajstić information content (AvgIpc) is 2.53. The van der Waals surface area contributed by atoms with Gasteiger partial charge in [0, 0.05) is 38.2 Å². The Bertz CT molecular complexity index is 579. The van der Waals surface area contributed by atoms with Crippen molar-refractivity contribution in [1.29, 1.82) is 0 Å². The topological polar surface area (TPSA) is 63.2 Å². The first-order chi connectivity index (χ1) is 10.7. The number of nitrogens with one attached hydrogen (secondary N) is 1. The monoisotopic (exact) mass is 299 g/mol. The van der Waals surface area contributed by atoms with Crippen LogP contribution >= 0.6 is 0 Å². The van der Waals surface area contributed by atoms with Crippen molar-refractivity contribution in [3.8, 4) is 0 Å². The van der Waals surface area contributed by atoms with Crippen LogP contribution in [0.25, 0.3) is 0 Å². The lowest BCUT2D eigenvalue weighted by Crippen LogP contribution is -2.45. The van der Waals surface area contributed by atoms with Gasteiger partial charge in [0.15, 0.2) is 0 Å². The minimum absolute atomic E-state index is 0.238. The molecule has 6 heteroatoms. The lowest BCUT2D eigenvalue weighted by Gasteiger charge is -2.36. The lowest BCUT2D eigenvalue weighted by atomic mass is 10.2. The Labute approximate surface area is 130 Å². The third-order valence-electron chi connectivity index (χ3n) is 3.57. The predicted molar refractivity (Wildman–Crippen MR) is 85.8 cm³/mol. The van der Waals surface area contributed by atoms with Crippen LogP contribution in [-0.4, -0.2) is 40.2 Å². The fraction of sp³-hybridized carbons (Fsp3) is 0.438. The number of anilines is 2. The zero-order chi connectivity index (χ0) is 15.4. The summed E-state index contributed by atoms with van der Waals surface area (Å²) in [6.07, 6.45) is 5.81. The van der Waals surface area contributed by atoms with E-state index >= 15 is 0 Å². The minimum Gasteiger partial charge on any atom is -0.372 e. The van der Waals surface area contributed by atoms with Crippen molar-refractivity contribution >= 4 is 11.8 Å². The summed E-state index contributed by atoms with van der Waals surface area (Å²) >= 11 is 0. The van der Waals surface area contributed by atoms with Gasteiger partial charge in [0.05, 0.1) is 12.2 Å². The number of hydrogen-bond acceptors (Lipinski definition) is 6. The predicted octanol–water partition coefficient (Wildman–Crippen LogP) is 2.10. The van der Waals surface area contributed by atoms with Gasteiger partial charge >= 0.3 is 0 Å². The Morgan fingerprint density at radius 1 is 1.14 bits per heavy atom. The summed E-state index contributed by atoms with van der Waals surface area (Å²) in [5.41, 5.74) is 1.10. The van der Waals surface area contributed by atoms with Crippen molar-refractivity contribution in [3.63, 3.8) is 0 Å². The van der Waals surface area contributed by atoms with Gasteiger partial charge in [-0.3, -0.25) is 0 Å². The van der Waals surface area contributed by atoms with E-state index in [1.54, 1.807) is 18.5 Å². The molecule has 116 valence electrons. The summed E-state index contributed by atoms with van der Waals surface area (Å²) in [4.78, 5) is 15.1. The molecule has 2 aromatic heterocycles. The minimum atomic E-state index is 0.238. The zero-order valence-electron chi connectivity index (χ0n) is 12.9. The first-order valence-corrected chi connectivity index (χ1v) is 7.57. The summed E-state index contributed by atoms with van der Waals surface area (Å²) in [7, 11) is 0. The van der Waals surface area contributed by atoms with E-state index in [9.17, 15) is 0 Å². The molecule has 22 heavy (non-hydrogen) atoms. The number of pyridine rings is 1. The molecule has 0 spiro atoms. The molecule has 0 radical (unpaired) electrons. The Hall–Kier alpha value is -2.21. The van der Waals surface area contributed by atoms with Crippen LogP contribution in [0.5, 0.6) is 0 Å². The van der Waals surface area contributed by atoms with Crippen LogP contribution in [0.4, 0.5) is 11.8 Å². The molecule has 1 aliphatic rings. The second kappa shape index (κ2) is 6.70. The summed E-state index contributed by atoms with van der Waals surface area (Å²) in [5.74, 6) is 1.63. The highest BCUT2D eigenvalue weighted by Gasteiger charge is 2.22. The van der Waals surface area contributed by atoms with E-state index < -0.39 is 0 Å². The van der Waals surface area contributed by atoms with Gasteiger partial charge in [-0.15, -0.1) is 0 Å². The normalized spacial score (nSPS) is 21.6. The van der Waals surface area contributed by atoms with Gasteiger partial charge in [-0.2, -0.15) is 0 Å². The summed E-state index contributed by atoms with van der Waals surface area (Å²) in [5, 5.41) is 3.18. The molecule has 1 N–H and O–H groups in total. The van der Waals surface area contributed by atoms with Gasteiger partial charge in [-0.05, 0) is 31.5 Å². The highest BCUT2D eigenvalue weighted by Crippen LogP contribution is 2.18. The van der Waals surface area contributed by atoms with Crippen molar-refractivity contribution in [3.05, 3.63) is 42.4 Å². The van der Waals surface area contributed by atoms with E-state index in [0.29, 0.717) is 12.5 Å². The van der Waals surface area contributed by atoms with Crippen LogP contribution in [0, 0.1) is 0 Å². The van der Waals surface area contributed by atoms with E-state index in [1.807, 2.05) is 6.20 Å². The van der Waals surface area contributed by atoms with Crippen LogP contribution in [0.2, 0.25) is 0 Å². The van der Waals surface area contributed by atoms with Gasteiger partial charge in [0.25, 0.3) is 0 Å². The molecule has 1 aliphatic heterocycles. The fourth-order valence-corrected chi connectivity index (χ4v) is 2.64. The molecule has 0 aliphatic carbocycles. The standard InChI is InChI=1S/C16H21N5O/c1-12-10-21(11-13(2)22-12)15-5-4-14(8-19-15)9-20-16-17-6-3-7-18-16/h3-8,12-13H,9-11H2,1-2H3,(H,17,18,20)/t12-,13+. The Balaban J connectivity index is 1.60. The maximum absolute atomic E-state index is 5.76. The highest BCUT2D eigenvalue weighted by atomic mass is 16.5. The molecule has 0 saturated carbocycles. The fourth-order valence-electron chi connectivity index (χ4n) is 2.64. The van der Waals surface area contributed by atoms with E-state index in [0.717, 1.165) is 24.5 Å². The van der Waals surface area contributed by atoms with Gasteiger partial charge < -0.3 is 15.0 Å². The molecular formula is C16H21N5O. The van der Waals surface area contributed by atoms with Crippen LogP contribution in [0.15, 0.2) is 36.8 Å². The summed E-state index contributed by atoms with van der Waals surface area (Å²) < 4.78 is 5.76. The van der Waals surface area contributed by atoms with Crippen LogP contribution in [0.1, 0.15) is 19.4 Å². The third kappa shape index (κ3) is 3.71. The highest BCUT2D eigenvalue weighted by molar-refractivity contribution is 5.40. The second-order valence-corrected chi connectivity index (χ2v) is 5.61. The molecule has 0 bridgehead atoms. The number of rotatable bonds is 4. The molecule has 1 saturated heterocycles. The van der Waals surface area contributed by atoms with E-state index in [2.05, 4.69) is 51.1 Å². The molecule has 2 aromatic rings. The molecular weight excluding hydrogens is 278 g/mol. The molecule has 2 atom stereocenters. The van der Waals surface area contributed by atoms with E-state index in [-0.39, 0.29) is 12.2 Å². The van der Waals surface area contributed by atoms with E-state index in [1.165, 1.54) is 0 Å². The Kier molecular flexibility index (Phi) is 4.48. The number of nitrogens with zero attached hydrogens (tertiary/aromatic N) is 4. The van der Waals surface area contributed by atoms with Gasteiger partial charge in [0.2, 0.25) is 5.95 Å². The molecule has 1 fully saturated rings. The molecule has 3 rings (SSSR count). The van der Waals surface area contributed by atoms with Crippen LogP contribution in [-0.2, 0) is 11.3 Å². The van der Waals surface area contributed by atoms with Crippen molar-refractivity contribution in [2.24, 2.45) is 0 Å². The van der Waals surface area contributed by atoms with Crippen molar-refractivity contribution in [2.45, 2.75) is 32.6 Å². The average molecular weight is 299 g/mol. The number of aromatic nitrogens is 3. The number of morpholine rings is 1. The van der Waals surface area contributed by atoms with Crippen molar-refractivity contribution in [1.82, 2.24) is 15.0 Å². The first-order valence-electron chi connectivity index (χ1n) is 7.57. The maximum atomic E-state index is 5.76. The molecule has 3 heterocycles. The van der Waals surface area contributed by atoms with Crippen LogP contribution in [0.3, 0.4) is 0 Å². The van der Waals surface area contributed by atoms with Crippen molar-refractivity contribution in [2.75, 3.05) is 23.3 Å². The third-order valence-corrected chi connectivity index (χ3v) is 3.57. The Morgan fingerprint density at radius 3 is 2.50 bits per heavy atom. The Morgan fingerprint density at radius 2 is 1.86 bits per heavy atom. The van der Waals surface area contributed by atoms with Crippen LogP contribution < -0.4 is 10.2 Å². The molecule has 0 aromatic carbocycles. The quantitative estimate of drug-likeness (QED) is 0.933. The van der Waals surface area contributed by atoms with Crippen molar-refractivity contribution < 1.29 is 4.74 Å². The lowest BCUT2D eigenvalue weighted by molar-refractivity contribution is -0.00545. The summed E-state index contributed by atoms with van der Waals surface area (Å²) in [6.45, 7) is 6.62. The maximum Gasteiger partial charge on any atom is 0.222 e. The zero-order valence-corrected chi connectivity index (χ0v) is 12.9. The number of ether oxygens (including phenoxy) is 1. The summed E-state index contributed by atoms with van der Waals surface area (Å²) in [6, 6.07) is 5.95. The largest absolute Gasteiger partial charge is 0.372 e. The SMILES string of the molecule is C[C@@H]1CN(c2ccc(CNc3ncccn3)cn2)C[C@H](C)O1. The first kappa shape index (κ1) is 14.7. The number of hydrogen-bond donors (Lipinski definition) is 1. The van der Waals surface area contributed by atoms with Gasteiger partial charge in [0.1, 0.15) is 5.82 Å². The van der Waals surface area contributed by atoms with Gasteiger partial charge in [-0.1, -0.05) is 6.07 Å². The smallest absolute Gasteiger partial charge is 0.222 e.